The molecule has 0 radical (unpaired) electrons. The number of benzene rings is 6. The van der Waals surface area contributed by atoms with E-state index in [-0.39, 0.29) is 67.7 Å². The van der Waals surface area contributed by atoms with Crippen LogP contribution < -0.4 is 28.7 Å². The van der Waals surface area contributed by atoms with E-state index in [9.17, 15) is 19.2 Å². The second-order valence-electron chi connectivity index (χ2n) is 25.8. The van der Waals surface area contributed by atoms with Gasteiger partial charge in [0.2, 0.25) is 0 Å². The number of Topliss-reactive ketones (excluding diaryl/α,β-unsaturated/α-hetero) is 4. The molecule has 4 saturated heterocycles. The van der Waals surface area contributed by atoms with E-state index in [1.165, 1.54) is 18.2 Å². The minimum Gasteiger partial charge on any atom is -0.495 e. The predicted octanol–water partition coefficient (Wildman–Crippen LogP) is 12.3. The number of anilines is 2. The van der Waals surface area contributed by atoms with E-state index in [0.29, 0.717) is 71.4 Å². The summed E-state index contributed by atoms with van der Waals surface area (Å²) < 4.78 is 65.5. The normalized spacial score (nSPS) is 17.6. The summed E-state index contributed by atoms with van der Waals surface area (Å²) in [6, 6.07) is 36.3. The number of ketones is 4. The van der Waals surface area contributed by atoms with Crippen molar-refractivity contribution in [3.8, 4) is 34.5 Å². The van der Waals surface area contributed by atoms with Gasteiger partial charge in [-0.1, -0.05) is 79.2 Å². The number of rotatable bonds is 23. The van der Waals surface area contributed by atoms with Gasteiger partial charge in [0.15, 0.2) is 46.3 Å². The van der Waals surface area contributed by atoms with Crippen LogP contribution in [-0.4, -0.2) is 148 Å². The summed E-state index contributed by atoms with van der Waals surface area (Å²) in [5, 5.41) is 1.45. The van der Waals surface area contributed by atoms with Crippen LogP contribution in [0.3, 0.4) is 0 Å². The van der Waals surface area contributed by atoms with Gasteiger partial charge in [-0.3, -0.25) is 38.9 Å². The van der Waals surface area contributed by atoms with Crippen LogP contribution in [0.5, 0.6) is 34.5 Å². The molecule has 2 saturated carbocycles. The van der Waals surface area contributed by atoms with Crippen molar-refractivity contribution in [3.63, 3.8) is 0 Å². The number of halogens is 2. The summed E-state index contributed by atoms with van der Waals surface area (Å²) in [5.74, 6) is 1.43. The van der Waals surface area contributed by atoms with Crippen molar-refractivity contribution in [2.75, 3.05) is 109 Å². The molecule has 2 aliphatic carbocycles. The molecule has 0 N–H and O–H groups in total. The van der Waals surface area contributed by atoms with Gasteiger partial charge in [0.25, 0.3) is 0 Å². The first-order valence-electron chi connectivity index (χ1n) is 32.4. The number of hydrogen-bond acceptors (Lipinski definition) is 16. The van der Waals surface area contributed by atoms with Crippen molar-refractivity contribution in [1.82, 2.24) is 19.8 Å². The molecule has 0 bridgehead atoms. The third-order valence-electron chi connectivity index (χ3n) is 19.5. The molecule has 4 aliphatic heterocycles. The zero-order valence-electron chi connectivity index (χ0n) is 53.2. The van der Waals surface area contributed by atoms with Gasteiger partial charge in [-0.15, -0.1) is 0 Å². The van der Waals surface area contributed by atoms with E-state index in [1.54, 1.807) is 56.9 Å². The van der Waals surface area contributed by atoms with E-state index in [1.807, 2.05) is 86.6 Å². The molecule has 0 atom stereocenters. The first-order valence-corrected chi connectivity index (χ1v) is 32.4. The first-order chi connectivity index (χ1) is 45.1. The quantitative estimate of drug-likeness (QED) is 0.0555. The van der Waals surface area contributed by atoms with Crippen LogP contribution >= 0.6 is 0 Å². The number of methoxy groups -OCH3 is 2. The number of aromatic nitrogens is 2. The molecule has 0 unspecified atom stereocenters. The predicted molar refractivity (Wildman–Crippen MR) is 358 cm³/mol. The monoisotopic (exact) mass is 1280 g/mol. The molecular formula is C76H82F2N6O10. The highest BCUT2D eigenvalue weighted by Crippen LogP contribution is 2.51. The molecule has 6 aromatic carbocycles. The third kappa shape index (κ3) is 14.1. The minimum atomic E-state index is -0.954. The Balaban J connectivity index is 0.000000179. The summed E-state index contributed by atoms with van der Waals surface area (Å²) in [7, 11) is 3.30. The Morgan fingerprint density at radius 2 is 0.979 bits per heavy atom. The number of pyridine rings is 2. The highest BCUT2D eigenvalue weighted by Gasteiger charge is 2.55. The molecule has 16 nitrogen and oxygen atoms in total. The lowest BCUT2D eigenvalue weighted by Crippen LogP contribution is -2.61. The van der Waals surface area contributed by atoms with E-state index in [2.05, 4.69) is 24.6 Å². The Morgan fingerprint density at radius 1 is 0.511 bits per heavy atom. The Hall–Kier alpha value is -8.68. The van der Waals surface area contributed by atoms with Crippen LogP contribution in [0, 0.1) is 42.2 Å². The number of carbonyl (C=O) groups excluding carboxylic acids is 4. The molecular weight excluding hydrogens is 1190 g/mol. The molecule has 2 aromatic heterocycles. The standard InChI is InChI=1S/C38H40FN3O5.C37H38FN3O5.CH4/c1-25-3-5-26(6-4-25)20-34(43)38(12-13-38)35(44)21-27-7-9-32(30(39)19-27)47-31-11-14-40-36-29(31)8-10-33(45-2)37(36)42-23-28(24-42)22-41-15-17-46-18-16-41;1-24-3-5-25(6-4-24)18-35(42)37(10-11-37)36(43)19-26-7-8-33(29(38)17-26)46-32-9-12-39-30-21-31(34(44-2)20-28(30)32)41-22-27(23-41)40-13-15-45-16-14-40;/h3-11,14,19,28H,12-13,15-18,20-24H2,1-2H3;3-9,12,17,20-21,27H,10-11,13-16,18-19,22-23H2,1-2H3;1H4. The molecule has 14 rings (SSSR count). The average molecular weight is 1280 g/mol. The van der Waals surface area contributed by atoms with Gasteiger partial charge < -0.3 is 38.2 Å². The van der Waals surface area contributed by atoms with Crippen molar-refractivity contribution >= 4 is 56.3 Å². The van der Waals surface area contributed by atoms with E-state index < -0.39 is 22.5 Å². The Bertz CT molecular complexity index is 4100. The fourth-order valence-electron chi connectivity index (χ4n) is 13.4. The van der Waals surface area contributed by atoms with E-state index in [4.69, 9.17) is 33.4 Å². The summed E-state index contributed by atoms with van der Waals surface area (Å²) in [6.45, 7) is 15.6. The number of aryl methyl sites for hydroxylation is 2. The molecule has 490 valence electrons. The van der Waals surface area contributed by atoms with Crippen molar-refractivity contribution in [1.29, 1.82) is 0 Å². The molecule has 8 aromatic rings. The van der Waals surface area contributed by atoms with E-state index >= 15 is 8.78 Å². The van der Waals surface area contributed by atoms with Crippen molar-refractivity contribution in [3.05, 3.63) is 179 Å². The van der Waals surface area contributed by atoms with Crippen LogP contribution in [0.2, 0.25) is 0 Å². The molecule has 6 aliphatic rings. The van der Waals surface area contributed by atoms with Gasteiger partial charge in [-0.05, 0) is 122 Å². The lowest BCUT2D eigenvalue weighted by atomic mass is 9.87. The van der Waals surface area contributed by atoms with Gasteiger partial charge in [-0.2, -0.15) is 0 Å². The van der Waals surface area contributed by atoms with Gasteiger partial charge in [0, 0.05) is 120 Å². The van der Waals surface area contributed by atoms with Crippen molar-refractivity contribution in [2.24, 2.45) is 16.7 Å². The zero-order valence-corrected chi connectivity index (χ0v) is 53.2. The molecule has 6 heterocycles. The third-order valence-corrected chi connectivity index (χ3v) is 19.5. The van der Waals surface area contributed by atoms with Crippen LogP contribution in [0.25, 0.3) is 21.8 Å². The fourth-order valence-corrected chi connectivity index (χ4v) is 13.4. The second-order valence-corrected chi connectivity index (χ2v) is 25.8. The van der Waals surface area contributed by atoms with Crippen LogP contribution in [0.15, 0.2) is 134 Å². The number of ether oxygens (including phenoxy) is 6. The maximum absolute atomic E-state index is 15.4. The maximum atomic E-state index is 15.4. The summed E-state index contributed by atoms with van der Waals surface area (Å²) in [4.78, 5) is 71.6. The highest BCUT2D eigenvalue weighted by molar-refractivity contribution is 6.12. The summed E-state index contributed by atoms with van der Waals surface area (Å²) in [6.07, 6.45) is 5.97. The van der Waals surface area contributed by atoms with Gasteiger partial charge in [0.05, 0.1) is 62.7 Å². The van der Waals surface area contributed by atoms with Gasteiger partial charge in [0.1, 0.15) is 34.2 Å². The number of morpholine rings is 2. The largest absolute Gasteiger partial charge is 0.495 e. The average Bonchev–Trinajstić information content (AvgIpc) is 1.73. The lowest BCUT2D eigenvalue weighted by Gasteiger charge is -2.48. The molecule has 0 spiro atoms. The van der Waals surface area contributed by atoms with Crippen LogP contribution in [0.4, 0.5) is 20.2 Å². The van der Waals surface area contributed by atoms with Crippen molar-refractivity contribution in [2.45, 2.75) is 78.7 Å². The molecule has 94 heavy (non-hydrogen) atoms. The highest BCUT2D eigenvalue weighted by atomic mass is 19.1. The molecule has 18 heteroatoms. The maximum Gasteiger partial charge on any atom is 0.166 e. The Labute approximate surface area is 548 Å². The Kier molecular flexibility index (Phi) is 19.5. The minimum absolute atomic E-state index is 0. The number of nitrogens with zero attached hydrogens (tertiary/aromatic N) is 6. The molecule has 0 amide bonds. The van der Waals surface area contributed by atoms with Crippen molar-refractivity contribution < 1.29 is 56.4 Å². The van der Waals surface area contributed by atoms with Crippen LogP contribution in [0.1, 0.15) is 66.5 Å². The molecule has 6 fully saturated rings. The first kappa shape index (κ1) is 65.4. The van der Waals surface area contributed by atoms with E-state index in [0.717, 1.165) is 141 Å². The fraction of sp³-hybridized carbons (Fsp3) is 0.395. The SMILES string of the molecule is C.COc1cc2c(Oc3ccc(CC(=O)C4(C(=O)Cc5ccc(C)cc5)CC4)cc3F)ccnc2cc1N1CC(N2CCOCC2)C1.COc1ccc2c(Oc3ccc(CC(=O)C4(C(=O)Cc5ccc(C)cc5)CC4)cc3F)ccnc2c1N1CC(CN2CCOCC2)C1. The second kappa shape index (κ2) is 28.1. The zero-order chi connectivity index (χ0) is 64.4. The summed E-state index contributed by atoms with van der Waals surface area (Å²) in [5.41, 5.74) is 6.50. The summed E-state index contributed by atoms with van der Waals surface area (Å²) >= 11 is 0. The lowest BCUT2D eigenvalue weighted by molar-refractivity contribution is -0.135. The van der Waals surface area contributed by atoms with Gasteiger partial charge in [-0.25, -0.2) is 8.78 Å². The van der Waals surface area contributed by atoms with Gasteiger partial charge >= 0.3 is 0 Å². The van der Waals surface area contributed by atoms with Crippen LogP contribution in [-0.2, 0) is 54.3 Å². The smallest absolute Gasteiger partial charge is 0.166 e. The number of fused-ring (bicyclic) bond motifs is 2. The number of hydrogen-bond donors (Lipinski definition) is 0. The Morgan fingerprint density at radius 3 is 1.48 bits per heavy atom. The number of carbonyl (C=O) groups is 4. The topological polar surface area (TPSA) is 162 Å².